The Labute approximate surface area is 88.0 Å². The van der Waals surface area contributed by atoms with Gasteiger partial charge in [0, 0.05) is 26.7 Å². The van der Waals surface area contributed by atoms with Crippen LogP contribution >= 0.6 is 0 Å². The maximum atomic E-state index is 4.92. The third-order valence-electron chi connectivity index (χ3n) is 1.92. The first-order valence-electron chi connectivity index (χ1n) is 5.32. The zero-order valence-electron chi connectivity index (χ0n) is 9.81. The van der Waals surface area contributed by atoms with E-state index in [4.69, 9.17) is 4.74 Å². The number of rotatable bonds is 10. The average molecular weight is 203 g/mol. The van der Waals surface area contributed by atoms with Gasteiger partial charge in [-0.15, -0.1) is 0 Å². The minimum atomic E-state index is 0.792. The van der Waals surface area contributed by atoms with Gasteiger partial charge in [-0.2, -0.15) is 0 Å². The highest BCUT2D eigenvalue weighted by Gasteiger charge is 1.90. The summed E-state index contributed by atoms with van der Waals surface area (Å²) in [6.07, 6.45) is 1.21. The van der Waals surface area contributed by atoms with E-state index in [2.05, 4.69) is 29.6 Å². The van der Waals surface area contributed by atoms with Crippen molar-refractivity contribution in [1.82, 2.24) is 15.5 Å². The highest BCUT2D eigenvalue weighted by atomic mass is 16.5. The van der Waals surface area contributed by atoms with Crippen molar-refractivity contribution < 1.29 is 4.74 Å². The topological polar surface area (TPSA) is 36.5 Å². The fraction of sp³-hybridized carbons (Fsp3) is 1.00. The molecule has 0 unspecified atom stereocenters. The summed E-state index contributed by atoms with van der Waals surface area (Å²) in [6.45, 7) is 6.05. The van der Waals surface area contributed by atoms with E-state index >= 15 is 0 Å². The molecule has 0 amide bonds. The molecular weight excluding hydrogens is 178 g/mol. The second-order valence-electron chi connectivity index (χ2n) is 3.65. The Balaban J connectivity index is 2.85. The molecule has 0 spiro atoms. The lowest BCUT2D eigenvalue weighted by Crippen LogP contribution is -2.30. The van der Waals surface area contributed by atoms with Gasteiger partial charge >= 0.3 is 0 Å². The van der Waals surface area contributed by atoms with Gasteiger partial charge in [0.2, 0.25) is 0 Å². The number of methoxy groups -OCH3 is 1. The SMILES string of the molecule is COCCNCCNCCCN(C)C. The molecule has 2 N–H and O–H groups in total. The molecule has 0 aromatic carbocycles. The minimum Gasteiger partial charge on any atom is -0.383 e. The second-order valence-corrected chi connectivity index (χ2v) is 3.65. The summed E-state index contributed by atoms with van der Waals surface area (Å²) < 4.78 is 4.92. The molecule has 0 fully saturated rings. The van der Waals surface area contributed by atoms with Gasteiger partial charge in [0.15, 0.2) is 0 Å². The summed E-state index contributed by atoms with van der Waals surface area (Å²) in [4.78, 5) is 2.21. The molecule has 86 valence electrons. The van der Waals surface area contributed by atoms with Crippen molar-refractivity contribution in [3.63, 3.8) is 0 Å². The van der Waals surface area contributed by atoms with Crippen molar-refractivity contribution in [3.8, 4) is 0 Å². The van der Waals surface area contributed by atoms with Crippen molar-refractivity contribution in [2.75, 3.05) is 60.5 Å². The lowest BCUT2D eigenvalue weighted by molar-refractivity contribution is 0.199. The smallest absolute Gasteiger partial charge is 0.0587 e. The van der Waals surface area contributed by atoms with Gasteiger partial charge in [0.25, 0.3) is 0 Å². The van der Waals surface area contributed by atoms with E-state index in [1.165, 1.54) is 6.42 Å². The fourth-order valence-corrected chi connectivity index (χ4v) is 1.12. The first kappa shape index (κ1) is 13.8. The van der Waals surface area contributed by atoms with Crippen molar-refractivity contribution in [1.29, 1.82) is 0 Å². The van der Waals surface area contributed by atoms with Crippen LogP contribution in [-0.4, -0.2) is 65.4 Å². The van der Waals surface area contributed by atoms with Gasteiger partial charge in [-0.3, -0.25) is 0 Å². The van der Waals surface area contributed by atoms with E-state index in [1.54, 1.807) is 7.11 Å². The molecule has 14 heavy (non-hydrogen) atoms. The Morgan fingerprint density at radius 3 is 2.21 bits per heavy atom. The number of ether oxygens (including phenoxy) is 1. The summed E-state index contributed by atoms with van der Waals surface area (Å²) in [5, 5.41) is 6.68. The molecule has 0 aliphatic carbocycles. The van der Waals surface area contributed by atoms with Gasteiger partial charge < -0.3 is 20.3 Å². The molecule has 0 radical (unpaired) electrons. The Morgan fingerprint density at radius 2 is 1.64 bits per heavy atom. The highest BCUT2D eigenvalue weighted by molar-refractivity contribution is 4.53. The van der Waals surface area contributed by atoms with Crippen molar-refractivity contribution in [3.05, 3.63) is 0 Å². The average Bonchev–Trinajstić information content (AvgIpc) is 2.15. The molecule has 0 aliphatic rings. The lowest BCUT2D eigenvalue weighted by atomic mass is 10.4. The third kappa shape index (κ3) is 11.8. The van der Waals surface area contributed by atoms with Crippen LogP contribution in [0.2, 0.25) is 0 Å². The standard InChI is InChI=1S/C10H25N3O/c1-13(2)9-4-5-11-6-7-12-8-10-14-3/h11-12H,4-10H2,1-3H3. The largest absolute Gasteiger partial charge is 0.383 e. The lowest BCUT2D eigenvalue weighted by Gasteiger charge is -2.10. The number of hydrogen-bond acceptors (Lipinski definition) is 4. The van der Waals surface area contributed by atoms with Crippen molar-refractivity contribution >= 4 is 0 Å². The van der Waals surface area contributed by atoms with Crippen LogP contribution in [0, 0.1) is 0 Å². The first-order chi connectivity index (χ1) is 6.77. The maximum Gasteiger partial charge on any atom is 0.0587 e. The molecule has 0 rings (SSSR count). The molecule has 0 saturated carbocycles. The van der Waals surface area contributed by atoms with Gasteiger partial charge in [0.1, 0.15) is 0 Å². The molecule has 0 atom stereocenters. The van der Waals surface area contributed by atoms with E-state index < -0.39 is 0 Å². The van der Waals surface area contributed by atoms with Crippen molar-refractivity contribution in [2.45, 2.75) is 6.42 Å². The molecule has 4 nitrogen and oxygen atoms in total. The van der Waals surface area contributed by atoms with Crippen LogP contribution in [0.4, 0.5) is 0 Å². The predicted molar refractivity (Wildman–Crippen MR) is 60.8 cm³/mol. The molecule has 4 heteroatoms. The molecule has 0 heterocycles. The van der Waals surface area contributed by atoms with Crippen LogP contribution in [0.3, 0.4) is 0 Å². The number of hydrogen-bond donors (Lipinski definition) is 2. The van der Waals surface area contributed by atoms with E-state index in [-0.39, 0.29) is 0 Å². The summed E-state index contributed by atoms with van der Waals surface area (Å²) >= 11 is 0. The van der Waals surface area contributed by atoms with Gasteiger partial charge in [-0.05, 0) is 33.6 Å². The zero-order valence-corrected chi connectivity index (χ0v) is 9.81. The van der Waals surface area contributed by atoms with Crippen LogP contribution in [0.25, 0.3) is 0 Å². The van der Waals surface area contributed by atoms with E-state index in [9.17, 15) is 0 Å². The number of nitrogens with zero attached hydrogens (tertiary/aromatic N) is 1. The van der Waals surface area contributed by atoms with Gasteiger partial charge in [0.05, 0.1) is 6.61 Å². The van der Waals surface area contributed by atoms with E-state index in [0.717, 1.165) is 39.3 Å². The van der Waals surface area contributed by atoms with E-state index in [1.807, 2.05) is 0 Å². The monoisotopic (exact) mass is 203 g/mol. The highest BCUT2D eigenvalue weighted by Crippen LogP contribution is 1.79. The molecule has 0 aromatic rings. The van der Waals surface area contributed by atoms with Gasteiger partial charge in [-0.25, -0.2) is 0 Å². The van der Waals surface area contributed by atoms with Crippen molar-refractivity contribution in [2.24, 2.45) is 0 Å². The van der Waals surface area contributed by atoms with Crippen LogP contribution in [0.1, 0.15) is 6.42 Å². The zero-order chi connectivity index (χ0) is 10.6. The molecular formula is C10H25N3O. The Kier molecular flexibility index (Phi) is 10.8. The molecule has 0 bridgehead atoms. The molecule has 0 saturated heterocycles. The Morgan fingerprint density at radius 1 is 1.00 bits per heavy atom. The van der Waals surface area contributed by atoms with Crippen LogP contribution in [-0.2, 0) is 4.74 Å². The summed E-state index contributed by atoms with van der Waals surface area (Å²) in [7, 11) is 5.93. The summed E-state index contributed by atoms with van der Waals surface area (Å²) in [5.74, 6) is 0. The maximum absolute atomic E-state index is 4.92. The molecule has 0 aliphatic heterocycles. The number of nitrogens with one attached hydrogen (secondary N) is 2. The quantitative estimate of drug-likeness (QED) is 0.481. The summed E-state index contributed by atoms with van der Waals surface area (Å²) in [5.41, 5.74) is 0. The minimum absolute atomic E-state index is 0.792. The van der Waals surface area contributed by atoms with Crippen LogP contribution in [0.15, 0.2) is 0 Å². The normalized spacial score (nSPS) is 11.1. The second kappa shape index (κ2) is 10.9. The third-order valence-corrected chi connectivity index (χ3v) is 1.92. The predicted octanol–water partition coefficient (Wildman–Crippen LogP) is -0.236. The summed E-state index contributed by atoms with van der Waals surface area (Å²) in [6, 6.07) is 0. The fourth-order valence-electron chi connectivity index (χ4n) is 1.12. The molecule has 0 aromatic heterocycles. The van der Waals surface area contributed by atoms with Crippen LogP contribution in [0.5, 0.6) is 0 Å². The van der Waals surface area contributed by atoms with Gasteiger partial charge in [-0.1, -0.05) is 0 Å². The Hall–Kier alpha value is -0.160. The Bertz CT molecular complexity index is 110. The first-order valence-corrected chi connectivity index (χ1v) is 5.32. The van der Waals surface area contributed by atoms with Crippen LogP contribution < -0.4 is 10.6 Å². The van der Waals surface area contributed by atoms with E-state index in [0.29, 0.717) is 0 Å².